The molecule has 0 aromatic carbocycles. The average Bonchev–Trinajstić information content (AvgIpc) is 2.94. The lowest BCUT2D eigenvalue weighted by molar-refractivity contribution is -0.187. The van der Waals surface area contributed by atoms with E-state index in [-0.39, 0.29) is 10.8 Å². The first-order valence-corrected chi connectivity index (χ1v) is 8.40. The summed E-state index contributed by atoms with van der Waals surface area (Å²) >= 11 is 0. The molecule has 24 heavy (non-hydrogen) atoms. The number of pyridine rings is 1. The van der Waals surface area contributed by atoms with Crippen LogP contribution in [0.4, 0.5) is 13.2 Å². The van der Waals surface area contributed by atoms with Gasteiger partial charge < -0.3 is 9.84 Å². The van der Waals surface area contributed by atoms with Gasteiger partial charge in [0, 0.05) is 19.2 Å². The van der Waals surface area contributed by atoms with E-state index in [4.69, 9.17) is 9.84 Å². The number of carboxylic acids is 1. The Morgan fingerprint density at radius 2 is 2.08 bits per heavy atom. The Bertz CT molecular complexity index is 705. The van der Waals surface area contributed by atoms with Crippen LogP contribution in [0, 0.1) is 11.8 Å². The number of carboxylic acid groups (broad SMARTS) is 1. The van der Waals surface area contributed by atoms with Crippen LogP contribution in [0.2, 0.25) is 0 Å². The fraction of sp³-hybridized carbons (Fsp3) is 0.538. The van der Waals surface area contributed by atoms with Crippen LogP contribution in [0.15, 0.2) is 23.2 Å². The lowest BCUT2D eigenvalue weighted by atomic mass is 9.96. The molecule has 134 valence electrons. The van der Waals surface area contributed by atoms with Gasteiger partial charge >= 0.3 is 12.1 Å². The molecule has 1 aliphatic heterocycles. The van der Waals surface area contributed by atoms with E-state index in [0.29, 0.717) is 10.9 Å². The Labute approximate surface area is 136 Å². The summed E-state index contributed by atoms with van der Waals surface area (Å²) in [7, 11) is -4.28. The second kappa shape index (κ2) is 6.55. The lowest BCUT2D eigenvalue weighted by Crippen LogP contribution is -2.34. The minimum Gasteiger partial charge on any atom is -0.481 e. The molecule has 1 aliphatic rings. The quantitative estimate of drug-likeness (QED) is 0.843. The standard InChI is InChI=1S/C13H15F3N2O5S/c1-2-23-11-4-3-8(5-17-11)24(21,22)18-6-9(12(19)20)10(7-18)13(14,15)16/h3-5,9-10H,2,6-7H2,1H3,(H,19,20)/t9-,10-/m1/s1. The van der Waals surface area contributed by atoms with Crippen LogP contribution < -0.4 is 4.74 Å². The molecule has 1 N–H and O–H groups in total. The van der Waals surface area contributed by atoms with Crippen molar-refractivity contribution in [1.29, 1.82) is 0 Å². The van der Waals surface area contributed by atoms with Crippen molar-refractivity contribution in [2.24, 2.45) is 11.8 Å². The second-order valence-electron chi connectivity index (χ2n) is 5.18. The summed E-state index contributed by atoms with van der Waals surface area (Å²) in [4.78, 5) is 14.5. The third-order valence-electron chi connectivity index (χ3n) is 3.66. The minimum absolute atomic E-state index is 0.175. The van der Waals surface area contributed by atoms with Gasteiger partial charge in [0.05, 0.1) is 24.6 Å². The van der Waals surface area contributed by atoms with Crippen molar-refractivity contribution in [2.75, 3.05) is 19.7 Å². The zero-order chi connectivity index (χ0) is 18.1. The fourth-order valence-electron chi connectivity index (χ4n) is 2.45. The highest BCUT2D eigenvalue weighted by Crippen LogP contribution is 2.39. The zero-order valence-corrected chi connectivity index (χ0v) is 13.3. The average molecular weight is 368 g/mol. The summed E-state index contributed by atoms with van der Waals surface area (Å²) < 4.78 is 69.3. The molecule has 1 aromatic heterocycles. The Hall–Kier alpha value is -1.88. The molecule has 0 bridgehead atoms. The number of aliphatic carboxylic acids is 1. The minimum atomic E-state index is -4.80. The van der Waals surface area contributed by atoms with E-state index in [1.165, 1.54) is 6.07 Å². The van der Waals surface area contributed by atoms with Crippen molar-refractivity contribution < 1.29 is 36.2 Å². The van der Waals surface area contributed by atoms with E-state index in [1.54, 1.807) is 6.92 Å². The predicted molar refractivity (Wildman–Crippen MR) is 74.8 cm³/mol. The number of halogens is 3. The third-order valence-corrected chi connectivity index (χ3v) is 5.48. The maximum Gasteiger partial charge on any atom is 0.393 e. The Morgan fingerprint density at radius 3 is 2.50 bits per heavy atom. The van der Waals surface area contributed by atoms with Crippen LogP contribution >= 0.6 is 0 Å². The summed E-state index contributed by atoms with van der Waals surface area (Å²) in [6, 6.07) is 2.44. The highest BCUT2D eigenvalue weighted by atomic mass is 32.2. The van der Waals surface area contributed by atoms with Crippen LogP contribution in [0.1, 0.15) is 6.92 Å². The fourth-order valence-corrected chi connectivity index (χ4v) is 3.89. The van der Waals surface area contributed by atoms with E-state index in [9.17, 15) is 26.4 Å². The Balaban J connectivity index is 2.28. The highest BCUT2D eigenvalue weighted by molar-refractivity contribution is 7.89. The Kier molecular flexibility index (Phi) is 5.04. The first-order valence-electron chi connectivity index (χ1n) is 6.96. The Morgan fingerprint density at radius 1 is 1.42 bits per heavy atom. The van der Waals surface area contributed by atoms with Gasteiger partial charge in [-0.2, -0.15) is 17.5 Å². The van der Waals surface area contributed by atoms with Gasteiger partial charge in [0.25, 0.3) is 0 Å². The number of sulfonamides is 1. The van der Waals surface area contributed by atoms with Crippen molar-refractivity contribution in [1.82, 2.24) is 9.29 Å². The summed E-state index contributed by atoms with van der Waals surface area (Å²) in [5.74, 6) is -5.59. The van der Waals surface area contributed by atoms with Crippen molar-refractivity contribution in [3.05, 3.63) is 18.3 Å². The molecule has 0 aliphatic carbocycles. The molecule has 0 unspecified atom stereocenters. The van der Waals surface area contributed by atoms with E-state index in [0.717, 1.165) is 12.3 Å². The number of rotatable bonds is 5. The molecule has 0 amide bonds. The van der Waals surface area contributed by atoms with Gasteiger partial charge in [-0.05, 0) is 13.0 Å². The summed E-state index contributed by atoms with van der Waals surface area (Å²) in [6.07, 6.45) is -3.83. The van der Waals surface area contributed by atoms with Gasteiger partial charge in [-0.3, -0.25) is 4.79 Å². The van der Waals surface area contributed by atoms with E-state index < -0.39 is 47.1 Å². The predicted octanol–water partition coefficient (Wildman–Crippen LogP) is 1.36. The maximum atomic E-state index is 13.0. The van der Waals surface area contributed by atoms with Crippen molar-refractivity contribution >= 4 is 16.0 Å². The number of hydrogen-bond donors (Lipinski definition) is 1. The van der Waals surface area contributed by atoms with Gasteiger partial charge in [0.15, 0.2) is 0 Å². The first kappa shape index (κ1) is 18.5. The highest BCUT2D eigenvalue weighted by Gasteiger charge is 2.54. The number of ether oxygens (including phenoxy) is 1. The zero-order valence-electron chi connectivity index (χ0n) is 12.5. The number of aromatic nitrogens is 1. The van der Waals surface area contributed by atoms with Crippen LogP contribution in [0.5, 0.6) is 5.88 Å². The largest absolute Gasteiger partial charge is 0.481 e. The number of alkyl halides is 3. The topological polar surface area (TPSA) is 96.8 Å². The van der Waals surface area contributed by atoms with Gasteiger partial charge in [0.1, 0.15) is 4.90 Å². The summed E-state index contributed by atoms with van der Waals surface area (Å²) in [5.41, 5.74) is 0. The number of nitrogens with zero attached hydrogens (tertiary/aromatic N) is 2. The molecule has 2 rings (SSSR count). The lowest BCUT2D eigenvalue weighted by Gasteiger charge is -2.18. The number of hydrogen-bond acceptors (Lipinski definition) is 5. The number of carbonyl (C=O) groups is 1. The van der Waals surface area contributed by atoms with Gasteiger partial charge in [-0.25, -0.2) is 13.4 Å². The van der Waals surface area contributed by atoms with Crippen LogP contribution in [0.25, 0.3) is 0 Å². The van der Waals surface area contributed by atoms with Crippen LogP contribution in [0.3, 0.4) is 0 Å². The molecular formula is C13H15F3N2O5S. The molecule has 2 heterocycles. The van der Waals surface area contributed by atoms with Crippen molar-refractivity contribution in [2.45, 2.75) is 18.0 Å². The van der Waals surface area contributed by atoms with Gasteiger partial charge in [-0.15, -0.1) is 0 Å². The van der Waals surface area contributed by atoms with Crippen LogP contribution in [-0.4, -0.2) is 54.7 Å². The van der Waals surface area contributed by atoms with Gasteiger partial charge in [-0.1, -0.05) is 0 Å². The summed E-state index contributed by atoms with van der Waals surface area (Å²) in [5, 5.41) is 8.95. The molecule has 1 aromatic rings. The van der Waals surface area contributed by atoms with Crippen molar-refractivity contribution in [3.63, 3.8) is 0 Å². The van der Waals surface area contributed by atoms with Crippen LogP contribution in [-0.2, 0) is 14.8 Å². The molecule has 11 heteroatoms. The second-order valence-corrected chi connectivity index (χ2v) is 7.12. The molecule has 0 saturated carbocycles. The first-order chi connectivity index (χ1) is 11.1. The monoisotopic (exact) mass is 368 g/mol. The smallest absolute Gasteiger partial charge is 0.393 e. The normalized spacial score (nSPS) is 22.5. The SMILES string of the molecule is CCOc1ccc(S(=O)(=O)N2C[C@@H](C(F)(F)F)[C@H](C(=O)O)C2)cn1. The van der Waals surface area contributed by atoms with Gasteiger partial charge in [0.2, 0.25) is 15.9 Å². The van der Waals surface area contributed by atoms with Crippen molar-refractivity contribution in [3.8, 4) is 5.88 Å². The third kappa shape index (κ3) is 3.61. The van der Waals surface area contributed by atoms with E-state index in [2.05, 4.69) is 4.98 Å². The molecule has 0 radical (unpaired) electrons. The van der Waals surface area contributed by atoms with E-state index in [1.807, 2.05) is 0 Å². The maximum absolute atomic E-state index is 13.0. The molecule has 0 spiro atoms. The molecule has 2 atom stereocenters. The molecule has 1 fully saturated rings. The molecule has 1 saturated heterocycles. The molecule has 7 nitrogen and oxygen atoms in total. The summed E-state index contributed by atoms with van der Waals surface area (Å²) in [6.45, 7) is 0.351. The van der Waals surface area contributed by atoms with E-state index >= 15 is 0 Å². The molecular weight excluding hydrogens is 353 g/mol.